The van der Waals surface area contributed by atoms with Crippen LogP contribution in [0.2, 0.25) is 0 Å². The largest absolute Gasteiger partial charge is 0.397 e. The number of nitrogens with zero attached hydrogens (tertiary/aromatic N) is 3. The van der Waals surface area contributed by atoms with Gasteiger partial charge in [-0.3, -0.25) is 0 Å². The Hall–Kier alpha value is -1.29. The number of hydrogen-bond acceptors (Lipinski definition) is 6. The lowest BCUT2D eigenvalue weighted by molar-refractivity contribution is 0.179. The van der Waals surface area contributed by atoms with Crippen LogP contribution in [0.25, 0.3) is 0 Å². The van der Waals surface area contributed by atoms with Gasteiger partial charge in [0.15, 0.2) is 0 Å². The average Bonchev–Trinajstić information content (AvgIpc) is 2.62. The molecule has 0 spiro atoms. The Morgan fingerprint density at radius 1 is 1.44 bits per heavy atom. The van der Waals surface area contributed by atoms with Crippen molar-refractivity contribution in [3.05, 3.63) is 10.9 Å². The summed E-state index contributed by atoms with van der Waals surface area (Å²) in [5.41, 5.74) is 9.55. The first-order valence-corrected chi connectivity index (χ1v) is 6.00. The van der Waals surface area contributed by atoms with Crippen LogP contribution in [-0.4, -0.2) is 43.1 Å². The van der Waals surface area contributed by atoms with Crippen molar-refractivity contribution in [1.82, 2.24) is 9.91 Å². The molecule has 1 aromatic rings. The molecule has 1 fully saturated rings. The van der Waals surface area contributed by atoms with Gasteiger partial charge in [-0.2, -0.15) is 5.26 Å². The minimum absolute atomic E-state index is 0.559. The number of nitrogens with one attached hydrogen (secondary N) is 1. The molecular weight excluding hydrogens is 222 g/mol. The van der Waals surface area contributed by atoms with Crippen molar-refractivity contribution < 1.29 is 0 Å². The van der Waals surface area contributed by atoms with E-state index in [4.69, 9.17) is 11.0 Å². The number of likely N-dealkylation sites (N-methyl/N-ethyl adjacent to an activating group) is 1. The lowest BCUT2D eigenvalue weighted by atomic mass is 10.4. The topological polar surface area (TPSA) is 68.3 Å². The predicted octanol–water partition coefficient (Wildman–Crippen LogP) is 0.776. The molecular formula is C10H15N5S. The van der Waals surface area contributed by atoms with E-state index in [1.165, 1.54) is 11.3 Å². The molecule has 86 valence electrons. The molecule has 0 amide bonds. The maximum absolute atomic E-state index is 8.80. The highest BCUT2D eigenvalue weighted by Crippen LogP contribution is 2.28. The molecule has 2 rings (SSSR count). The monoisotopic (exact) mass is 237 g/mol. The maximum Gasteiger partial charge on any atom is 0.129 e. The van der Waals surface area contributed by atoms with Crippen molar-refractivity contribution in [3.8, 4) is 6.07 Å². The first-order valence-electron chi connectivity index (χ1n) is 5.18. The summed E-state index contributed by atoms with van der Waals surface area (Å²) in [6.45, 7) is 4.07. The van der Waals surface area contributed by atoms with Crippen LogP contribution < -0.4 is 11.2 Å². The third kappa shape index (κ3) is 2.44. The Balaban J connectivity index is 1.96. The second-order valence-corrected chi connectivity index (χ2v) is 4.96. The van der Waals surface area contributed by atoms with Gasteiger partial charge >= 0.3 is 0 Å². The summed E-state index contributed by atoms with van der Waals surface area (Å²) in [4.78, 5) is 2.87. The molecule has 0 bridgehead atoms. The maximum atomic E-state index is 8.80. The van der Waals surface area contributed by atoms with E-state index in [-0.39, 0.29) is 0 Å². The fraction of sp³-hybridized carbons (Fsp3) is 0.500. The van der Waals surface area contributed by atoms with Gasteiger partial charge in [-0.1, -0.05) is 0 Å². The zero-order chi connectivity index (χ0) is 11.5. The fourth-order valence-electron chi connectivity index (χ4n) is 1.62. The highest BCUT2D eigenvalue weighted by atomic mass is 32.1. The Morgan fingerprint density at radius 2 is 2.12 bits per heavy atom. The lowest BCUT2D eigenvalue weighted by Crippen LogP contribution is -2.46. The van der Waals surface area contributed by atoms with Crippen LogP contribution >= 0.6 is 11.3 Å². The molecule has 6 heteroatoms. The number of nitriles is 1. The summed E-state index contributed by atoms with van der Waals surface area (Å²) < 4.78 is 0. The van der Waals surface area contributed by atoms with Gasteiger partial charge in [0.05, 0.1) is 5.69 Å². The number of nitrogen functional groups attached to an aromatic ring is 1. The van der Waals surface area contributed by atoms with Crippen molar-refractivity contribution in [2.75, 3.05) is 44.4 Å². The normalized spacial score (nSPS) is 18.2. The van der Waals surface area contributed by atoms with Gasteiger partial charge in [-0.25, -0.2) is 5.01 Å². The van der Waals surface area contributed by atoms with E-state index in [2.05, 4.69) is 28.5 Å². The van der Waals surface area contributed by atoms with E-state index in [0.29, 0.717) is 10.6 Å². The predicted molar refractivity (Wildman–Crippen MR) is 66.1 cm³/mol. The highest BCUT2D eigenvalue weighted by Gasteiger charge is 2.14. The van der Waals surface area contributed by atoms with E-state index in [0.717, 1.165) is 31.2 Å². The summed E-state index contributed by atoms with van der Waals surface area (Å²) in [6.07, 6.45) is 0. The summed E-state index contributed by atoms with van der Waals surface area (Å²) >= 11 is 1.40. The number of hydrazine groups is 1. The number of thiophene rings is 1. The van der Waals surface area contributed by atoms with E-state index in [9.17, 15) is 0 Å². The smallest absolute Gasteiger partial charge is 0.129 e. The molecule has 0 atom stereocenters. The zero-order valence-corrected chi connectivity index (χ0v) is 10.0. The second kappa shape index (κ2) is 4.70. The molecule has 16 heavy (non-hydrogen) atoms. The summed E-state index contributed by atoms with van der Waals surface area (Å²) in [5.74, 6) is 0. The van der Waals surface area contributed by atoms with Gasteiger partial charge in [0.1, 0.15) is 15.9 Å². The minimum Gasteiger partial charge on any atom is -0.397 e. The Kier molecular flexibility index (Phi) is 3.29. The van der Waals surface area contributed by atoms with Gasteiger partial charge < -0.3 is 16.1 Å². The molecule has 1 aliphatic heterocycles. The quantitative estimate of drug-likeness (QED) is 0.795. The summed E-state index contributed by atoms with van der Waals surface area (Å²) in [5, 5.41) is 11.9. The van der Waals surface area contributed by atoms with Crippen LogP contribution in [0, 0.1) is 11.3 Å². The van der Waals surface area contributed by atoms with Gasteiger partial charge in [0.2, 0.25) is 0 Å². The standard InChI is InChI=1S/C10H15N5S/c1-14-2-4-15(5-3-14)13-10-6-8(12)9(7-11)16-10/h6,13H,2-5,12H2,1H3. The van der Waals surface area contributed by atoms with Crippen molar-refractivity contribution in [1.29, 1.82) is 5.26 Å². The number of anilines is 2. The van der Waals surface area contributed by atoms with E-state index in [1.54, 1.807) is 0 Å². The Labute approximate surface area is 99.0 Å². The molecule has 2 heterocycles. The van der Waals surface area contributed by atoms with Crippen LogP contribution in [0.5, 0.6) is 0 Å². The van der Waals surface area contributed by atoms with Crippen molar-refractivity contribution in [2.45, 2.75) is 0 Å². The first-order chi connectivity index (χ1) is 7.69. The van der Waals surface area contributed by atoms with Crippen LogP contribution in [0.1, 0.15) is 4.88 Å². The third-order valence-corrected chi connectivity index (χ3v) is 3.59. The number of nitrogens with two attached hydrogens (primary N) is 1. The molecule has 1 aromatic heterocycles. The van der Waals surface area contributed by atoms with E-state index < -0.39 is 0 Å². The minimum atomic E-state index is 0.559. The zero-order valence-electron chi connectivity index (χ0n) is 9.23. The molecule has 1 saturated heterocycles. The van der Waals surface area contributed by atoms with E-state index >= 15 is 0 Å². The van der Waals surface area contributed by atoms with Crippen molar-refractivity contribution in [3.63, 3.8) is 0 Å². The molecule has 5 nitrogen and oxygen atoms in total. The third-order valence-electron chi connectivity index (χ3n) is 2.63. The molecule has 1 aliphatic rings. The number of hydrogen-bond donors (Lipinski definition) is 2. The van der Waals surface area contributed by atoms with Gasteiger partial charge in [0.25, 0.3) is 0 Å². The summed E-state index contributed by atoms with van der Waals surface area (Å²) in [7, 11) is 2.12. The van der Waals surface area contributed by atoms with Crippen LogP contribution in [0.15, 0.2) is 6.07 Å². The van der Waals surface area contributed by atoms with Crippen LogP contribution in [0.3, 0.4) is 0 Å². The Bertz CT molecular complexity index is 400. The highest BCUT2D eigenvalue weighted by molar-refractivity contribution is 7.17. The fourth-order valence-corrected chi connectivity index (χ4v) is 2.42. The SMILES string of the molecule is CN1CCN(Nc2cc(N)c(C#N)s2)CC1. The lowest BCUT2D eigenvalue weighted by Gasteiger charge is -2.32. The second-order valence-electron chi connectivity index (χ2n) is 3.91. The van der Waals surface area contributed by atoms with Gasteiger partial charge in [-0.15, -0.1) is 11.3 Å². The Morgan fingerprint density at radius 3 is 2.69 bits per heavy atom. The van der Waals surface area contributed by atoms with Crippen molar-refractivity contribution in [2.24, 2.45) is 0 Å². The molecule has 0 radical (unpaired) electrons. The van der Waals surface area contributed by atoms with E-state index in [1.807, 2.05) is 6.07 Å². The van der Waals surface area contributed by atoms with Crippen molar-refractivity contribution >= 4 is 22.0 Å². The van der Waals surface area contributed by atoms with Gasteiger partial charge in [-0.05, 0) is 13.1 Å². The average molecular weight is 237 g/mol. The number of piperazine rings is 1. The molecule has 3 N–H and O–H groups in total. The van der Waals surface area contributed by atoms with Gasteiger partial charge in [0, 0.05) is 26.2 Å². The molecule has 0 saturated carbocycles. The summed E-state index contributed by atoms with van der Waals surface area (Å²) in [6, 6.07) is 3.91. The molecule has 0 aliphatic carbocycles. The first kappa shape index (κ1) is 11.2. The molecule has 0 unspecified atom stereocenters. The van der Waals surface area contributed by atoms with Crippen LogP contribution in [-0.2, 0) is 0 Å². The van der Waals surface area contributed by atoms with Crippen LogP contribution in [0.4, 0.5) is 10.7 Å². The number of rotatable bonds is 2. The molecule has 0 aromatic carbocycles.